The van der Waals surface area contributed by atoms with Crippen molar-refractivity contribution >= 4 is 40.2 Å². The Morgan fingerprint density at radius 3 is 2.77 bits per heavy atom. The summed E-state index contributed by atoms with van der Waals surface area (Å²) in [5.41, 5.74) is 3.28. The van der Waals surface area contributed by atoms with Crippen LogP contribution in [0.15, 0.2) is 35.4 Å². The third-order valence-electron chi connectivity index (χ3n) is 3.96. The Kier molecular flexibility index (Phi) is 4.96. The van der Waals surface area contributed by atoms with Crippen LogP contribution in [0, 0.1) is 18.3 Å². The first kappa shape index (κ1) is 18.0. The van der Waals surface area contributed by atoms with Gasteiger partial charge in [0.2, 0.25) is 0 Å². The molecule has 0 bridgehead atoms. The number of ketones is 1. The van der Waals surface area contributed by atoms with Crippen LogP contribution >= 0.6 is 11.8 Å². The zero-order chi connectivity index (χ0) is 18.8. The normalized spacial score (nSPS) is 12.1. The van der Waals surface area contributed by atoms with Gasteiger partial charge in [-0.25, -0.2) is 4.98 Å². The number of fused-ring (bicyclic) bond motifs is 3. The van der Waals surface area contributed by atoms with Crippen molar-refractivity contribution in [3.8, 4) is 6.07 Å². The Hall–Kier alpha value is -2.85. The van der Waals surface area contributed by atoms with Crippen LogP contribution in [0.4, 0.5) is 0 Å². The average molecular weight is 367 g/mol. The quantitative estimate of drug-likeness (QED) is 0.391. The molecule has 7 heteroatoms. The number of imidazole rings is 1. The average Bonchev–Trinajstić information content (AvgIpc) is 2.98. The van der Waals surface area contributed by atoms with Crippen LogP contribution in [0.5, 0.6) is 0 Å². The van der Waals surface area contributed by atoms with E-state index in [0.29, 0.717) is 16.2 Å². The van der Waals surface area contributed by atoms with Gasteiger partial charge in [0, 0.05) is 0 Å². The minimum atomic E-state index is -0.966. The topological polar surface area (TPSA) is 84.5 Å². The lowest BCUT2D eigenvalue weighted by Crippen LogP contribution is -2.27. The molecule has 132 valence electrons. The van der Waals surface area contributed by atoms with Gasteiger partial charge in [-0.15, -0.1) is 0 Å². The monoisotopic (exact) mass is 367 g/mol. The molecule has 0 spiro atoms. The first-order chi connectivity index (χ1) is 12.5. The molecule has 1 atom stereocenters. The maximum atomic E-state index is 12.2. The molecule has 0 N–H and O–H groups in total. The highest BCUT2D eigenvalue weighted by Crippen LogP contribution is 2.32. The van der Waals surface area contributed by atoms with Crippen molar-refractivity contribution in [1.82, 2.24) is 9.38 Å². The van der Waals surface area contributed by atoms with Crippen molar-refractivity contribution in [1.29, 1.82) is 5.26 Å². The maximum absolute atomic E-state index is 12.2. The summed E-state index contributed by atoms with van der Waals surface area (Å²) >= 11 is 1.12. The number of hydrogen-bond acceptors (Lipinski definition) is 6. The van der Waals surface area contributed by atoms with Crippen LogP contribution in [0.1, 0.15) is 25.0 Å². The second kappa shape index (κ2) is 7.18. The molecule has 0 fully saturated rings. The Morgan fingerprint density at radius 2 is 2.12 bits per heavy atom. The van der Waals surface area contributed by atoms with Crippen LogP contribution in [0.25, 0.3) is 16.7 Å². The minimum absolute atomic E-state index is 0.207. The van der Waals surface area contributed by atoms with E-state index in [2.05, 4.69) is 11.1 Å². The van der Waals surface area contributed by atoms with E-state index in [1.165, 1.54) is 6.92 Å². The molecule has 3 aromatic rings. The fourth-order valence-corrected chi connectivity index (χ4v) is 3.88. The smallest absolute Gasteiger partial charge is 0.327 e. The Balaban J connectivity index is 2.24. The van der Waals surface area contributed by atoms with Crippen molar-refractivity contribution in [2.45, 2.75) is 31.0 Å². The molecule has 1 unspecified atom stereocenters. The van der Waals surface area contributed by atoms with Crippen molar-refractivity contribution in [3.63, 3.8) is 0 Å². The second-order valence-corrected chi connectivity index (χ2v) is 6.90. The zero-order valence-corrected chi connectivity index (χ0v) is 15.5. The minimum Gasteiger partial charge on any atom is -0.465 e. The van der Waals surface area contributed by atoms with E-state index >= 15 is 0 Å². The number of ether oxygens (including phenoxy) is 1. The molecule has 0 saturated carbocycles. The van der Waals surface area contributed by atoms with Gasteiger partial charge in [-0.3, -0.25) is 14.0 Å². The largest absolute Gasteiger partial charge is 0.465 e. The van der Waals surface area contributed by atoms with Crippen LogP contribution in [0.2, 0.25) is 0 Å². The molecule has 2 heterocycles. The van der Waals surface area contributed by atoms with Gasteiger partial charge in [0.05, 0.1) is 28.2 Å². The summed E-state index contributed by atoms with van der Waals surface area (Å²) in [6, 6.07) is 11.5. The number of carbonyl (C=O) groups is 2. The van der Waals surface area contributed by atoms with Crippen molar-refractivity contribution in [2.75, 3.05) is 6.61 Å². The van der Waals surface area contributed by atoms with E-state index in [1.807, 2.05) is 35.6 Å². The molecule has 26 heavy (non-hydrogen) atoms. The van der Waals surface area contributed by atoms with Gasteiger partial charge in [0.25, 0.3) is 0 Å². The molecule has 6 nitrogen and oxygen atoms in total. The lowest BCUT2D eigenvalue weighted by molar-refractivity contribution is -0.144. The van der Waals surface area contributed by atoms with Gasteiger partial charge < -0.3 is 4.74 Å². The predicted octanol–water partition coefficient (Wildman–Crippen LogP) is 3.28. The van der Waals surface area contributed by atoms with Gasteiger partial charge in [0.15, 0.2) is 16.7 Å². The summed E-state index contributed by atoms with van der Waals surface area (Å²) in [6.07, 6.45) is 0. The molecule has 0 radical (unpaired) electrons. The summed E-state index contributed by atoms with van der Waals surface area (Å²) in [7, 11) is 0. The number of aromatic nitrogens is 2. The third kappa shape index (κ3) is 3.04. The molecule has 0 saturated heterocycles. The summed E-state index contributed by atoms with van der Waals surface area (Å²) in [5.74, 6) is -0.849. The van der Waals surface area contributed by atoms with E-state index in [9.17, 15) is 14.9 Å². The van der Waals surface area contributed by atoms with E-state index in [-0.39, 0.29) is 12.4 Å². The summed E-state index contributed by atoms with van der Waals surface area (Å²) in [6.45, 7) is 5.09. The molecule has 3 rings (SSSR count). The summed E-state index contributed by atoms with van der Waals surface area (Å²) in [5, 5.41) is 9.22. The number of hydrogen-bond donors (Lipinski definition) is 0. The molecular weight excluding hydrogens is 350 g/mol. The van der Waals surface area contributed by atoms with E-state index < -0.39 is 11.2 Å². The lowest BCUT2D eigenvalue weighted by Gasteiger charge is -2.15. The number of pyridine rings is 1. The van der Waals surface area contributed by atoms with Gasteiger partial charge in [0.1, 0.15) is 6.07 Å². The van der Waals surface area contributed by atoms with Crippen LogP contribution < -0.4 is 0 Å². The van der Waals surface area contributed by atoms with Crippen molar-refractivity contribution in [2.24, 2.45) is 0 Å². The molecule has 0 amide bonds. The molecule has 0 aliphatic rings. The lowest BCUT2D eigenvalue weighted by atomic mass is 10.2. The number of esters is 1. The number of thioether (sulfide) groups is 1. The Labute approximate surface area is 154 Å². The number of nitrogens with zero attached hydrogens (tertiary/aromatic N) is 3. The van der Waals surface area contributed by atoms with Gasteiger partial charge in [-0.2, -0.15) is 5.26 Å². The number of nitriles is 1. The Bertz CT molecular complexity index is 1070. The molecule has 0 aliphatic heterocycles. The SMILES string of the molecule is CCOC(=O)C(Sc1cc(C)c(C#N)c2nc3ccccc3n12)C(C)=O. The standard InChI is InChI=1S/C19H17N3O3S/c1-4-25-19(24)17(12(3)23)26-16-9-11(2)13(10-20)18-21-14-7-5-6-8-15(14)22(16)18/h5-9,17H,4H2,1-3H3. The van der Waals surface area contributed by atoms with Crippen molar-refractivity contribution < 1.29 is 14.3 Å². The van der Waals surface area contributed by atoms with Gasteiger partial charge >= 0.3 is 5.97 Å². The molecule has 1 aromatic carbocycles. The number of Topliss-reactive ketones (excluding diaryl/α,β-unsaturated/α-hetero) is 1. The highest BCUT2D eigenvalue weighted by atomic mass is 32.2. The van der Waals surface area contributed by atoms with Gasteiger partial charge in [-0.05, 0) is 44.5 Å². The summed E-state index contributed by atoms with van der Waals surface area (Å²) in [4.78, 5) is 28.8. The number of benzene rings is 1. The zero-order valence-electron chi connectivity index (χ0n) is 14.6. The van der Waals surface area contributed by atoms with Crippen LogP contribution in [-0.4, -0.2) is 33.0 Å². The van der Waals surface area contributed by atoms with E-state index in [1.54, 1.807) is 13.0 Å². The number of carbonyl (C=O) groups excluding carboxylic acids is 2. The number of aryl methyl sites for hydroxylation is 1. The maximum Gasteiger partial charge on any atom is 0.327 e. The Morgan fingerprint density at radius 1 is 1.38 bits per heavy atom. The molecule has 0 aliphatic carbocycles. The first-order valence-electron chi connectivity index (χ1n) is 8.12. The fourth-order valence-electron chi connectivity index (χ4n) is 2.78. The molecular formula is C19H17N3O3S. The van der Waals surface area contributed by atoms with Gasteiger partial charge in [-0.1, -0.05) is 23.9 Å². The van der Waals surface area contributed by atoms with E-state index in [0.717, 1.165) is 28.4 Å². The fraction of sp³-hybridized carbons (Fsp3) is 0.263. The van der Waals surface area contributed by atoms with Crippen LogP contribution in [0.3, 0.4) is 0 Å². The molecule has 2 aromatic heterocycles. The highest BCUT2D eigenvalue weighted by Gasteiger charge is 2.28. The van der Waals surface area contributed by atoms with E-state index in [4.69, 9.17) is 4.74 Å². The highest BCUT2D eigenvalue weighted by molar-refractivity contribution is 8.01. The van der Waals surface area contributed by atoms with Crippen LogP contribution in [-0.2, 0) is 14.3 Å². The third-order valence-corrected chi connectivity index (χ3v) is 5.26. The van der Waals surface area contributed by atoms with Crippen molar-refractivity contribution in [3.05, 3.63) is 41.5 Å². The second-order valence-electron chi connectivity index (χ2n) is 5.77. The summed E-state index contributed by atoms with van der Waals surface area (Å²) < 4.78 is 6.86. The first-order valence-corrected chi connectivity index (χ1v) is 9.00. The predicted molar refractivity (Wildman–Crippen MR) is 99.1 cm³/mol. The number of rotatable bonds is 5. The number of para-hydroxylation sites is 2.